The molecule has 1 atom stereocenters. The van der Waals surface area contributed by atoms with Gasteiger partial charge in [-0.25, -0.2) is 4.79 Å². The summed E-state index contributed by atoms with van der Waals surface area (Å²) in [7, 11) is 1.77. The van der Waals surface area contributed by atoms with E-state index in [1.807, 2.05) is 19.9 Å². The van der Waals surface area contributed by atoms with Crippen LogP contribution in [0.15, 0.2) is 18.2 Å². The zero-order valence-electron chi connectivity index (χ0n) is 18.9. The monoisotopic (exact) mass is 416 g/mol. The molecule has 166 valence electrons. The normalized spacial score (nSPS) is 25.4. The Labute approximate surface area is 180 Å². The first kappa shape index (κ1) is 22.6. The predicted molar refractivity (Wildman–Crippen MR) is 116 cm³/mol. The number of carbonyl (C=O) groups excluding carboxylic acids is 2. The van der Waals surface area contributed by atoms with E-state index in [4.69, 9.17) is 9.47 Å². The number of methoxy groups -OCH3 is 1. The van der Waals surface area contributed by atoms with E-state index in [1.54, 1.807) is 7.11 Å². The second-order valence-corrected chi connectivity index (χ2v) is 9.53. The Balaban J connectivity index is 1.90. The molecule has 30 heavy (non-hydrogen) atoms. The maximum atomic E-state index is 13.0. The summed E-state index contributed by atoms with van der Waals surface area (Å²) in [6, 6.07) is 5.60. The van der Waals surface area contributed by atoms with Crippen molar-refractivity contribution in [1.82, 2.24) is 10.2 Å². The van der Waals surface area contributed by atoms with Gasteiger partial charge < -0.3 is 14.8 Å². The molecule has 3 amide bonds. The van der Waals surface area contributed by atoms with E-state index in [0.29, 0.717) is 18.9 Å². The van der Waals surface area contributed by atoms with Gasteiger partial charge in [0.05, 0.1) is 18.8 Å². The number of hydrogen-bond acceptors (Lipinski definition) is 4. The Bertz CT molecular complexity index is 754. The van der Waals surface area contributed by atoms with Crippen molar-refractivity contribution in [2.24, 2.45) is 11.3 Å². The summed E-state index contributed by atoms with van der Waals surface area (Å²) >= 11 is 0. The van der Waals surface area contributed by atoms with Crippen molar-refractivity contribution < 1.29 is 19.1 Å². The van der Waals surface area contributed by atoms with E-state index in [0.717, 1.165) is 43.4 Å². The van der Waals surface area contributed by atoms with Gasteiger partial charge in [-0.1, -0.05) is 19.9 Å². The molecule has 1 N–H and O–H groups in total. The van der Waals surface area contributed by atoms with Crippen molar-refractivity contribution in [3.63, 3.8) is 0 Å². The Morgan fingerprint density at radius 1 is 1.27 bits per heavy atom. The van der Waals surface area contributed by atoms with Crippen LogP contribution in [0.25, 0.3) is 0 Å². The third-order valence-electron chi connectivity index (χ3n) is 6.60. The van der Waals surface area contributed by atoms with E-state index in [2.05, 4.69) is 31.3 Å². The van der Waals surface area contributed by atoms with Crippen molar-refractivity contribution in [2.75, 3.05) is 13.7 Å². The molecular formula is C24H36N2O4. The highest BCUT2D eigenvalue weighted by molar-refractivity contribution is 5.85. The number of rotatable bonds is 7. The van der Waals surface area contributed by atoms with Gasteiger partial charge in [-0.15, -0.1) is 0 Å². The van der Waals surface area contributed by atoms with Gasteiger partial charge in [-0.05, 0) is 80.5 Å². The van der Waals surface area contributed by atoms with Crippen LogP contribution < -0.4 is 10.1 Å². The largest absolute Gasteiger partial charge is 0.493 e. The standard InChI is InChI=1S/C24H36N2O4/c1-16(2)14-30-20-7-6-18-13-24(10-8-19(29-5)9-11-24)22(21(18)12-20)25-23(28)26(15-27)17(3)4/h6-7,12,15-17,19,22H,8-11,13-14H2,1-5H3,(H,25,28)/t19-,22?,24-. The Morgan fingerprint density at radius 2 is 1.97 bits per heavy atom. The highest BCUT2D eigenvalue weighted by Gasteiger charge is 2.49. The molecule has 0 aliphatic heterocycles. The average Bonchev–Trinajstić information content (AvgIpc) is 2.99. The lowest BCUT2D eigenvalue weighted by atomic mass is 9.68. The summed E-state index contributed by atoms with van der Waals surface area (Å²) in [5.74, 6) is 1.28. The SMILES string of the molecule is CO[C@H]1CC[C@]2(CC1)Cc1ccc(OCC(C)C)cc1C2NC(=O)N(C=O)C(C)C. The number of amides is 3. The summed E-state index contributed by atoms with van der Waals surface area (Å²) < 4.78 is 11.5. The van der Waals surface area contributed by atoms with Crippen LogP contribution in [0, 0.1) is 11.3 Å². The number of benzene rings is 1. The van der Waals surface area contributed by atoms with Crippen LogP contribution in [0.4, 0.5) is 4.79 Å². The molecule has 1 aromatic carbocycles. The average molecular weight is 417 g/mol. The van der Waals surface area contributed by atoms with Crippen LogP contribution in [0.2, 0.25) is 0 Å². The first-order valence-corrected chi connectivity index (χ1v) is 11.1. The van der Waals surface area contributed by atoms with E-state index >= 15 is 0 Å². The third-order valence-corrected chi connectivity index (χ3v) is 6.60. The number of nitrogens with one attached hydrogen (secondary N) is 1. The zero-order valence-corrected chi connectivity index (χ0v) is 18.9. The van der Waals surface area contributed by atoms with E-state index in [9.17, 15) is 9.59 Å². The van der Waals surface area contributed by atoms with Crippen molar-refractivity contribution in [3.8, 4) is 5.75 Å². The molecule has 1 fully saturated rings. The molecule has 0 saturated heterocycles. The number of imide groups is 1. The van der Waals surface area contributed by atoms with Gasteiger partial charge in [0.25, 0.3) is 0 Å². The van der Waals surface area contributed by atoms with Gasteiger partial charge in [0, 0.05) is 13.2 Å². The number of nitrogens with zero attached hydrogens (tertiary/aromatic N) is 1. The quantitative estimate of drug-likeness (QED) is 0.666. The van der Waals surface area contributed by atoms with Gasteiger partial charge in [-0.3, -0.25) is 9.69 Å². The molecular weight excluding hydrogens is 380 g/mol. The van der Waals surface area contributed by atoms with Crippen LogP contribution >= 0.6 is 0 Å². The molecule has 1 aromatic rings. The van der Waals surface area contributed by atoms with E-state index in [1.165, 1.54) is 10.5 Å². The Hall–Kier alpha value is -2.08. The Morgan fingerprint density at radius 3 is 2.53 bits per heavy atom. The molecule has 6 nitrogen and oxygen atoms in total. The predicted octanol–water partition coefficient (Wildman–Crippen LogP) is 4.47. The Kier molecular flexibility index (Phi) is 7.06. The van der Waals surface area contributed by atoms with Crippen LogP contribution in [-0.2, 0) is 16.0 Å². The van der Waals surface area contributed by atoms with Crippen molar-refractivity contribution in [2.45, 2.75) is 78.0 Å². The van der Waals surface area contributed by atoms with Gasteiger partial charge >= 0.3 is 6.03 Å². The summed E-state index contributed by atoms with van der Waals surface area (Å²) in [6.07, 6.45) is 5.75. The molecule has 3 rings (SSSR count). The highest BCUT2D eigenvalue weighted by atomic mass is 16.5. The minimum atomic E-state index is -0.334. The summed E-state index contributed by atoms with van der Waals surface area (Å²) in [5, 5.41) is 3.21. The number of ether oxygens (including phenoxy) is 2. The third kappa shape index (κ3) is 4.64. The molecule has 1 unspecified atom stereocenters. The van der Waals surface area contributed by atoms with E-state index in [-0.39, 0.29) is 29.6 Å². The lowest BCUT2D eigenvalue weighted by Gasteiger charge is -2.42. The van der Waals surface area contributed by atoms with Gasteiger partial charge in [0.2, 0.25) is 6.41 Å². The summed E-state index contributed by atoms with van der Waals surface area (Å²) in [5.41, 5.74) is 2.33. The van der Waals surface area contributed by atoms with Gasteiger partial charge in [0.1, 0.15) is 5.75 Å². The van der Waals surface area contributed by atoms with Crippen LogP contribution in [0.3, 0.4) is 0 Å². The van der Waals surface area contributed by atoms with Crippen molar-refractivity contribution in [3.05, 3.63) is 29.3 Å². The topological polar surface area (TPSA) is 67.9 Å². The molecule has 0 bridgehead atoms. The maximum absolute atomic E-state index is 13.0. The fourth-order valence-electron chi connectivity index (χ4n) is 4.87. The second kappa shape index (κ2) is 9.38. The molecule has 1 spiro atoms. The number of urea groups is 1. The molecule has 2 aliphatic carbocycles. The van der Waals surface area contributed by atoms with Crippen LogP contribution in [0.1, 0.15) is 70.5 Å². The molecule has 0 aromatic heterocycles. The second-order valence-electron chi connectivity index (χ2n) is 9.53. The first-order valence-electron chi connectivity index (χ1n) is 11.1. The smallest absolute Gasteiger partial charge is 0.324 e. The summed E-state index contributed by atoms with van der Waals surface area (Å²) in [6.45, 7) is 8.59. The summed E-state index contributed by atoms with van der Waals surface area (Å²) in [4.78, 5) is 25.7. The fourth-order valence-corrected chi connectivity index (χ4v) is 4.87. The number of carbonyl (C=O) groups is 2. The minimum absolute atomic E-state index is 0.0464. The lowest BCUT2D eigenvalue weighted by Crippen LogP contribution is -2.48. The van der Waals surface area contributed by atoms with Crippen LogP contribution in [-0.4, -0.2) is 43.2 Å². The van der Waals surface area contributed by atoms with E-state index < -0.39 is 0 Å². The zero-order chi connectivity index (χ0) is 21.9. The first-order chi connectivity index (χ1) is 14.3. The number of fused-ring (bicyclic) bond motifs is 1. The molecule has 0 heterocycles. The minimum Gasteiger partial charge on any atom is -0.493 e. The van der Waals surface area contributed by atoms with Crippen LogP contribution in [0.5, 0.6) is 5.75 Å². The highest BCUT2D eigenvalue weighted by Crippen LogP contribution is 2.55. The van der Waals surface area contributed by atoms with Gasteiger partial charge in [-0.2, -0.15) is 0 Å². The maximum Gasteiger partial charge on any atom is 0.324 e. The number of hydrogen-bond donors (Lipinski definition) is 1. The lowest BCUT2D eigenvalue weighted by molar-refractivity contribution is -0.116. The fraction of sp³-hybridized carbons (Fsp3) is 0.667. The molecule has 1 saturated carbocycles. The van der Waals surface area contributed by atoms with Crippen molar-refractivity contribution >= 4 is 12.4 Å². The molecule has 6 heteroatoms. The molecule has 0 radical (unpaired) electrons. The molecule has 2 aliphatic rings. The van der Waals surface area contributed by atoms with Gasteiger partial charge in [0.15, 0.2) is 0 Å². The van der Waals surface area contributed by atoms with Crippen molar-refractivity contribution in [1.29, 1.82) is 0 Å².